The van der Waals surface area contributed by atoms with Gasteiger partial charge in [0.1, 0.15) is 5.01 Å². The first-order chi connectivity index (χ1) is 8.69. The SMILES string of the molecule is Cl.Cl.NCCNC(=O)Cc1csc(-c2cc(Br)cs2)n1. The molecule has 0 bridgehead atoms. The second-order valence-electron chi connectivity index (χ2n) is 3.59. The smallest absolute Gasteiger partial charge is 0.226 e. The zero-order valence-corrected chi connectivity index (χ0v) is 15.1. The van der Waals surface area contributed by atoms with Crippen LogP contribution in [0.1, 0.15) is 5.69 Å². The molecule has 0 atom stereocenters. The lowest BCUT2D eigenvalue weighted by Gasteiger charge is -2.00. The highest BCUT2D eigenvalue weighted by Gasteiger charge is 2.09. The van der Waals surface area contributed by atoms with Gasteiger partial charge >= 0.3 is 0 Å². The standard InChI is InChI=1S/C11H12BrN3OS2.2ClH/c12-7-3-9(17-5-7)11-15-8(6-18-11)4-10(16)14-2-1-13;;/h3,5-6H,1-2,4,13H2,(H,14,16);2*1H. The monoisotopic (exact) mass is 417 g/mol. The van der Waals surface area contributed by atoms with E-state index in [1.54, 1.807) is 22.7 Å². The molecule has 0 aliphatic heterocycles. The van der Waals surface area contributed by atoms with Crippen molar-refractivity contribution in [3.05, 3.63) is 27.0 Å². The largest absolute Gasteiger partial charge is 0.354 e. The average molecular weight is 419 g/mol. The Labute approximate surface area is 146 Å². The summed E-state index contributed by atoms with van der Waals surface area (Å²) in [6, 6.07) is 2.03. The fourth-order valence-electron chi connectivity index (χ4n) is 1.37. The molecule has 0 radical (unpaired) electrons. The zero-order valence-electron chi connectivity index (χ0n) is 10.3. The van der Waals surface area contributed by atoms with Crippen LogP contribution in [0, 0.1) is 0 Å². The highest BCUT2D eigenvalue weighted by atomic mass is 79.9. The van der Waals surface area contributed by atoms with E-state index in [0.717, 1.165) is 20.1 Å². The molecule has 0 aliphatic rings. The van der Waals surface area contributed by atoms with Crippen molar-refractivity contribution in [3.63, 3.8) is 0 Å². The van der Waals surface area contributed by atoms with Crippen molar-refractivity contribution in [3.8, 4) is 9.88 Å². The first-order valence-electron chi connectivity index (χ1n) is 5.34. The molecule has 0 saturated carbocycles. The number of aromatic nitrogens is 1. The van der Waals surface area contributed by atoms with Crippen molar-refractivity contribution in [1.82, 2.24) is 10.3 Å². The van der Waals surface area contributed by atoms with Crippen molar-refractivity contribution >= 4 is 69.3 Å². The summed E-state index contributed by atoms with van der Waals surface area (Å²) >= 11 is 6.60. The van der Waals surface area contributed by atoms with Crippen molar-refractivity contribution in [1.29, 1.82) is 0 Å². The van der Waals surface area contributed by atoms with Gasteiger partial charge in [-0.25, -0.2) is 4.98 Å². The van der Waals surface area contributed by atoms with E-state index in [-0.39, 0.29) is 30.7 Å². The van der Waals surface area contributed by atoms with Gasteiger partial charge in [0.2, 0.25) is 5.91 Å². The summed E-state index contributed by atoms with van der Waals surface area (Å²) in [6.45, 7) is 0.963. The second kappa shape index (κ2) is 9.70. The fourth-order valence-corrected chi connectivity index (χ4v) is 3.69. The van der Waals surface area contributed by atoms with Gasteiger partial charge in [-0.05, 0) is 22.0 Å². The molecule has 0 spiro atoms. The van der Waals surface area contributed by atoms with Gasteiger partial charge in [0, 0.05) is 28.3 Å². The number of hydrogen-bond acceptors (Lipinski definition) is 5. The molecule has 20 heavy (non-hydrogen) atoms. The van der Waals surface area contributed by atoms with Crippen LogP contribution in [-0.2, 0) is 11.2 Å². The zero-order chi connectivity index (χ0) is 13.0. The number of nitrogens with one attached hydrogen (secondary N) is 1. The quantitative estimate of drug-likeness (QED) is 0.783. The lowest BCUT2D eigenvalue weighted by Crippen LogP contribution is -2.30. The van der Waals surface area contributed by atoms with E-state index in [1.165, 1.54) is 0 Å². The molecule has 0 aliphatic carbocycles. The molecule has 0 aromatic carbocycles. The number of carbonyl (C=O) groups excluding carboxylic acids is 1. The topological polar surface area (TPSA) is 68.0 Å². The number of thiophene rings is 1. The summed E-state index contributed by atoms with van der Waals surface area (Å²) in [5, 5.41) is 7.62. The Hall–Kier alpha value is -0.180. The van der Waals surface area contributed by atoms with Crippen molar-refractivity contribution in [2.24, 2.45) is 5.73 Å². The molecule has 112 valence electrons. The number of carbonyl (C=O) groups is 1. The predicted molar refractivity (Wildman–Crippen MR) is 93.4 cm³/mol. The van der Waals surface area contributed by atoms with E-state index in [2.05, 4.69) is 26.2 Å². The lowest BCUT2D eigenvalue weighted by atomic mass is 10.3. The number of halogens is 3. The van der Waals surface area contributed by atoms with Gasteiger partial charge in [-0.15, -0.1) is 47.5 Å². The summed E-state index contributed by atoms with van der Waals surface area (Å²) in [5.74, 6) is -0.0374. The minimum atomic E-state index is -0.0374. The molecular weight excluding hydrogens is 405 g/mol. The second-order valence-corrected chi connectivity index (χ2v) is 6.27. The Bertz CT molecular complexity index is 547. The van der Waals surface area contributed by atoms with Gasteiger partial charge in [0.25, 0.3) is 0 Å². The first-order valence-corrected chi connectivity index (χ1v) is 7.90. The van der Waals surface area contributed by atoms with E-state index in [0.29, 0.717) is 19.5 Å². The van der Waals surface area contributed by atoms with Gasteiger partial charge < -0.3 is 11.1 Å². The summed E-state index contributed by atoms with van der Waals surface area (Å²) in [5.41, 5.74) is 6.12. The van der Waals surface area contributed by atoms with Gasteiger partial charge in [0.15, 0.2) is 0 Å². The third-order valence-corrected chi connectivity index (χ3v) is 4.89. The van der Waals surface area contributed by atoms with Gasteiger partial charge in [-0.3, -0.25) is 4.79 Å². The molecule has 2 aromatic heterocycles. The number of nitrogens with zero attached hydrogens (tertiary/aromatic N) is 1. The Kier molecular flexibility index (Phi) is 9.61. The third kappa shape index (κ3) is 5.67. The van der Waals surface area contributed by atoms with E-state index >= 15 is 0 Å². The van der Waals surface area contributed by atoms with Crippen molar-refractivity contribution in [2.45, 2.75) is 6.42 Å². The number of thiazole rings is 1. The number of amides is 1. The van der Waals surface area contributed by atoms with Crippen LogP contribution < -0.4 is 11.1 Å². The Morgan fingerprint density at radius 3 is 2.70 bits per heavy atom. The molecule has 3 N–H and O–H groups in total. The fraction of sp³-hybridized carbons (Fsp3) is 0.273. The van der Waals surface area contributed by atoms with E-state index in [4.69, 9.17) is 5.73 Å². The first kappa shape index (κ1) is 19.8. The summed E-state index contributed by atoms with van der Waals surface area (Å²) in [7, 11) is 0. The summed E-state index contributed by atoms with van der Waals surface area (Å²) in [6.07, 6.45) is 0.309. The third-order valence-electron chi connectivity index (χ3n) is 2.14. The summed E-state index contributed by atoms with van der Waals surface area (Å²) < 4.78 is 1.06. The van der Waals surface area contributed by atoms with Crippen LogP contribution >= 0.6 is 63.4 Å². The molecular formula is C11H14BrCl2N3OS2. The Morgan fingerprint density at radius 1 is 1.35 bits per heavy atom. The van der Waals surface area contributed by atoms with Crippen molar-refractivity contribution in [2.75, 3.05) is 13.1 Å². The molecule has 9 heteroatoms. The van der Waals surface area contributed by atoms with Crippen LogP contribution in [0.3, 0.4) is 0 Å². The molecule has 2 heterocycles. The van der Waals surface area contributed by atoms with E-state index in [9.17, 15) is 4.79 Å². The molecule has 4 nitrogen and oxygen atoms in total. The molecule has 2 aromatic rings. The maximum atomic E-state index is 11.5. The van der Waals surface area contributed by atoms with E-state index in [1.807, 2.05) is 16.8 Å². The minimum Gasteiger partial charge on any atom is -0.354 e. The highest BCUT2D eigenvalue weighted by molar-refractivity contribution is 9.10. The predicted octanol–water partition coefficient (Wildman–Crippen LogP) is 3.10. The van der Waals surface area contributed by atoms with Gasteiger partial charge in [0.05, 0.1) is 17.0 Å². The molecule has 0 saturated heterocycles. The van der Waals surface area contributed by atoms with Crippen molar-refractivity contribution < 1.29 is 4.79 Å². The van der Waals surface area contributed by atoms with Crippen LogP contribution in [-0.4, -0.2) is 24.0 Å². The number of rotatable bonds is 5. The van der Waals surface area contributed by atoms with Crippen LogP contribution in [0.2, 0.25) is 0 Å². The summed E-state index contributed by atoms with van der Waals surface area (Å²) in [4.78, 5) is 17.1. The van der Waals surface area contributed by atoms with Gasteiger partial charge in [-0.2, -0.15) is 0 Å². The number of nitrogens with two attached hydrogens (primary N) is 1. The highest BCUT2D eigenvalue weighted by Crippen LogP contribution is 2.31. The molecule has 2 rings (SSSR count). The molecule has 0 fully saturated rings. The minimum absolute atomic E-state index is 0. The molecule has 1 amide bonds. The van der Waals surface area contributed by atoms with Gasteiger partial charge in [-0.1, -0.05) is 0 Å². The molecule has 0 unspecified atom stereocenters. The Morgan fingerprint density at radius 2 is 2.10 bits per heavy atom. The van der Waals surface area contributed by atoms with Crippen LogP contribution in [0.15, 0.2) is 21.3 Å². The van der Waals surface area contributed by atoms with Crippen LogP contribution in [0.5, 0.6) is 0 Å². The number of hydrogen-bond donors (Lipinski definition) is 2. The lowest BCUT2D eigenvalue weighted by molar-refractivity contribution is -0.120. The Balaban J connectivity index is 0.00000180. The maximum absolute atomic E-state index is 11.5. The normalized spacial score (nSPS) is 9.50. The van der Waals surface area contributed by atoms with E-state index < -0.39 is 0 Å². The average Bonchev–Trinajstić information content (AvgIpc) is 2.95. The van der Waals surface area contributed by atoms with Crippen LogP contribution in [0.4, 0.5) is 0 Å². The van der Waals surface area contributed by atoms with Crippen LogP contribution in [0.25, 0.3) is 9.88 Å². The maximum Gasteiger partial charge on any atom is 0.226 e.